The van der Waals surface area contributed by atoms with Crippen molar-refractivity contribution in [3.05, 3.63) is 0 Å². The Labute approximate surface area is 55.2 Å². The molecule has 0 atom stereocenters. The smallest absolute Gasteiger partial charge is 0.308 e. The first-order valence-electron chi connectivity index (χ1n) is 3.32. The van der Waals surface area contributed by atoms with Crippen LogP contribution in [0.5, 0.6) is 0 Å². The van der Waals surface area contributed by atoms with E-state index < -0.39 is 0 Å². The predicted molar refractivity (Wildman–Crippen MR) is 33.9 cm³/mol. The number of hydrogen-bond acceptors (Lipinski definition) is 2. The van der Waals surface area contributed by atoms with Gasteiger partial charge in [-0.25, -0.2) is 0 Å². The second kappa shape index (κ2) is 2.38. The standard InChI is InChI=1S/C7H12O2/c1-5-3-6(4-5)7(8)9-2/h5-6H,3-4H2,1-2H3. The van der Waals surface area contributed by atoms with E-state index >= 15 is 0 Å². The first kappa shape index (κ1) is 6.59. The van der Waals surface area contributed by atoms with E-state index in [2.05, 4.69) is 11.7 Å². The van der Waals surface area contributed by atoms with Crippen LogP contribution in [0.2, 0.25) is 0 Å². The van der Waals surface area contributed by atoms with E-state index in [-0.39, 0.29) is 11.9 Å². The van der Waals surface area contributed by atoms with Gasteiger partial charge >= 0.3 is 5.97 Å². The third-order valence-corrected chi connectivity index (χ3v) is 1.91. The Morgan fingerprint density at radius 2 is 2.11 bits per heavy atom. The van der Waals surface area contributed by atoms with E-state index in [4.69, 9.17) is 0 Å². The molecule has 0 heterocycles. The average Bonchev–Trinajstić information content (AvgIpc) is 1.79. The molecular weight excluding hydrogens is 116 g/mol. The normalized spacial score (nSPS) is 33.1. The molecule has 2 nitrogen and oxygen atoms in total. The Balaban J connectivity index is 2.23. The summed E-state index contributed by atoms with van der Waals surface area (Å²) in [5.41, 5.74) is 0. The third-order valence-electron chi connectivity index (χ3n) is 1.91. The van der Waals surface area contributed by atoms with E-state index in [1.54, 1.807) is 0 Å². The van der Waals surface area contributed by atoms with E-state index in [0.717, 1.165) is 18.8 Å². The molecule has 0 aliphatic heterocycles. The molecule has 0 aromatic carbocycles. The number of methoxy groups -OCH3 is 1. The SMILES string of the molecule is COC(=O)C1CC(C)C1. The van der Waals surface area contributed by atoms with Crippen molar-refractivity contribution in [2.45, 2.75) is 19.8 Å². The number of hydrogen-bond donors (Lipinski definition) is 0. The van der Waals surface area contributed by atoms with Crippen molar-refractivity contribution < 1.29 is 9.53 Å². The van der Waals surface area contributed by atoms with Gasteiger partial charge in [-0.2, -0.15) is 0 Å². The van der Waals surface area contributed by atoms with E-state index in [9.17, 15) is 4.79 Å². The third kappa shape index (κ3) is 1.23. The number of rotatable bonds is 1. The summed E-state index contributed by atoms with van der Waals surface area (Å²) in [6.45, 7) is 2.15. The summed E-state index contributed by atoms with van der Waals surface area (Å²) in [5, 5.41) is 0. The molecule has 1 aliphatic rings. The van der Waals surface area contributed by atoms with Gasteiger partial charge in [0.25, 0.3) is 0 Å². The summed E-state index contributed by atoms with van der Waals surface area (Å²) in [7, 11) is 1.45. The van der Waals surface area contributed by atoms with Crippen molar-refractivity contribution >= 4 is 5.97 Å². The zero-order valence-corrected chi connectivity index (χ0v) is 5.89. The van der Waals surface area contributed by atoms with Crippen molar-refractivity contribution in [1.82, 2.24) is 0 Å². The van der Waals surface area contributed by atoms with E-state index in [0.29, 0.717) is 0 Å². The molecule has 2 heteroatoms. The van der Waals surface area contributed by atoms with Crippen LogP contribution in [0.1, 0.15) is 19.8 Å². The maximum atomic E-state index is 10.7. The molecule has 0 bridgehead atoms. The summed E-state index contributed by atoms with van der Waals surface area (Å²) in [6.07, 6.45) is 2.04. The highest BCUT2D eigenvalue weighted by atomic mass is 16.5. The lowest BCUT2D eigenvalue weighted by Crippen LogP contribution is -2.29. The quantitative estimate of drug-likeness (QED) is 0.496. The van der Waals surface area contributed by atoms with Crippen molar-refractivity contribution in [3.8, 4) is 0 Å². The molecule has 0 unspecified atom stereocenters. The summed E-state index contributed by atoms with van der Waals surface area (Å²) in [4.78, 5) is 10.7. The molecule has 52 valence electrons. The van der Waals surface area contributed by atoms with E-state index in [1.807, 2.05) is 0 Å². The van der Waals surface area contributed by atoms with Gasteiger partial charge in [-0.3, -0.25) is 4.79 Å². The van der Waals surface area contributed by atoms with Gasteiger partial charge in [-0.05, 0) is 18.8 Å². The van der Waals surface area contributed by atoms with Crippen molar-refractivity contribution in [2.75, 3.05) is 7.11 Å². The summed E-state index contributed by atoms with van der Waals surface area (Å²) >= 11 is 0. The number of ether oxygens (including phenoxy) is 1. The number of esters is 1. The van der Waals surface area contributed by atoms with Gasteiger partial charge in [0.15, 0.2) is 0 Å². The lowest BCUT2D eigenvalue weighted by molar-refractivity contribution is -0.149. The maximum Gasteiger partial charge on any atom is 0.308 e. The zero-order chi connectivity index (χ0) is 6.85. The highest BCUT2D eigenvalue weighted by Gasteiger charge is 2.31. The Kier molecular flexibility index (Phi) is 1.74. The second-order valence-electron chi connectivity index (χ2n) is 2.80. The van der Waals surface area contributed by atoms with Crippen molar-refractivity contribution in [3.63, 3.8) is 0 Å². The minimum absolute atomic E-state index is 0.0342. The van der Waals surface area contributed by atoms with Gasteiger partial charge in [-0.15, -0.1) is 0 Å². The molecule has 0 amide bonds. The Bertz CT molecular complexity index is 114. The summed E-state index contributed by atoms with van der Waals surface area (Å²) in [6, 6.07) is 0. The van der Waals surface area contributed by atoms with E-state index in [1.165, 1.54) is 7.11 Å². The Hall–Kier alpha value is -0.530. The monoisotopic (exact) mass is 128 g/mol. The van der Waals surface area contributed by atoms with Crippen LogP contribution < -0.4 is 0 Å². The lowest BCUT2D eigenvalue weighted by atomic mass is 9.76. The van der Waals surface area contributed by atoms with Gasteiger partial charge in [0, 0.05) is 0 Å². The van der Waals surface area contributed by atoms with Crippen molar-refractivity contribution in [1.29, 1.82) is 0 Å². The summed E-state index contributed by atoms with van der Waals surface area (Å²) in [5.74, 6) is 0.909. The van der Waals surface area contributed by atoms with Gasteiger partial charge in [0.2, 0.25) is 0 Å². The highest BCUT2D eigenvalue weighted by Crippen LogP contribution is 2.33. The van der Waals surface area contributed by atoms with Crippen LogP contribution in [0.15, 0.2) is 0 Å². The van der Waals surface area contributed by atoms with Crippen LogP contribution in [-0.2, 0) is 9.53 Å². The minimum Gasteiger partial charge on any atom is -0.469 e. The molecular formula is C7H12O2. The molecule has 9 heavy (non-hydrogen) atoms. The Morgan fingerprint density at radius 3 is 2.44 bits per heavy atom. The van der Waals surface area contributed by atoms with Gasteiger partial charge in [0.05, 0.1) is 13.0 Å². The highest BCUT2D eigenvalue weighted by molar-refractivity contribution is 5.73. The van der Waals surface area contributed by atoms with Crippen LogP contribution >= 0.6 is 0 Å². The fraction of sp³-hybridized carbons (Fsp3) is 0.857. The second-order valence-corrected chi connectivity index (χ2v) is 2.80. The van der Waals surface area contributed by atoms with Crippen LogP contribution in [0, 0.1) is 11.8 Å². The largest absolute Gasteiger partial charge is 0.469 e. The minimum atomic E-state index is -0.0342. The van der Waals surface area contributed by atoms with Gasteiger partial charge in [0.1, 0.15) is 0 Å². The first-order valence-corrected chi connectivity index (χ1v) is 3.32. The molecule has 0 aromatic rings. The molecule has 0 N–H and O–H groups in total. The first-order chi connectivity index (χ1) is 4.24. The molecule has 0 saturated heterocycles. The van der Waals surface area contributed by atoms with Crippen LogP contribution in [0.25, 0.3) is 0 Å². The predicted octanol–water partition coefficient (Wildman–Crippen LogP) is 1.21. The van der Waals surface area contributed by atoms with Gasteiger partial charge in [-0.1, -0.05) is 6.92 Å². The Morgan fingerprint density at radius 1 is 1.56 bits per heavy atom. The fourth-order valence-corrected chi connectivity index (χ4v) is 1.26. The topological polar surface area (TPSA) is 26.3 Å². The molecule has 0 radical (unpaired) electrons. The molecule has 1 saturated carbocycles. The number of carbonyl (C=O) groups is 1. The van der Waals surface area contributed by atoms with Crippen molar-refractivity contribution in [2.24, 2.45) is 11.8 Å². The van der Waals surface area contributed by atoms with Gasteiger partial charge < -0.3 is 4.74 Å². The summed E-state index contributed by atoms with van der Waals surface area (Å²) < 4.78 is 4.56. The zero-order valence-electron chi connectivity index (χ0n) is 5.89. The molecule has 1 fully saturated rings. The fourth-order valence-electron chi connectivity index (χ4n) is 1.26. The molecule has 1 rings (SSSR count). The number of carbonyl (C=O) groups excluding carboxylic acids is 1. The van der Waals surface area contributed by atoms with Crippen LogP contribution in [-0.4, -0.2) is 13.1 Å². The molecule has 1 aliphatic carbocycles. The molecule has 0 spiro atoms. The molecule has 0 aromatic heterocycles. The maximum absolute atomic E-state index is 10.7. The average molecular weight is 128 g/mol. The van der Waals surface area contributed by atoms with Crippen LogP contribution in [0.3, 0.4) is 0 Å². The lowest BCUT2D eigenvalue weighted by Gasteiger charge is -2.29. The van der Waals surface area contributed by atoms with Crippen LogP contribution in [0.4, 0.5) is 0 Å².